The van der Waals surface area contributed by atoms with Crippen LogP contribution in [-0.2, 0) is 14.4 Å². The first-order chi connectivity index (χ1) is 14.0. The van der Waals surface area contributed by atoms with Gasteiger partial charge in [0.05, 0.1) is 6.04 Å². The number of nitrogens with zero attached hydrogens (tertiary/aromatic N) is 2. The number of Topliss-reactive ketones (excluding diaryl/α,β-unsaturated/α-hetero) is 1. The van der Waals surface area contributed by atoms with Crippen molar-refractivity contribution in [2.75, 3.05) is 0 Å². The molecule has 0 saturated heterocycles. The Morgan fingerprint density at radius 3 is 1.35 bits per heavy atom. The second-order valence-electron chi connectivity index (χ2n) is 9.58. The van der Waals surface area contributed by atoms with Gasteiger partial charge in [-0.15, -0.1) is 5.11 Å². The minimum Gasteiger partial charge on any atom is -0.295 e. The quantitative estimate of drug-likeness (QED) is 0.254. The molecule has 0 spiro atoms. The molecule has 0 aromatic heterocycles. The average Bonchev–Trinajstić information content (AvgIpc) is 2.63. The topological polar surface area (TPSA) is 75.9 Å². The van der Waals surface area contributed by atoms with Crippen LogP contribution in [0.25, 0.3) is 0 Å². The highest BCUT2D eigenvalue weighted by molar-refractivity contribution is 5.96. The van der Waals surface area contributed by atoms with Crippen LogP contribution in [0.2, 0.25) is 0 Å². The van der Waals surface area contributed by atoms with Crippen LogP contribution in [0.1, 0.15) is 112 Å². The van der Waals surface area contributed by atoms with Crippen LogP contribution < -0.4 is 0 Å². The van der Waals surface area contributed by atoms with E-state index in [1.165, 1.54) is 0 Å². The van der Waals surface area contributed by atoms with Gasteiger partial charge in [-0.2, -0.15) is 5.11 Å². The van der Waals surface area contributed by atoms with Crippen molar-refractivity contribution in [1.82, 2.24) is 0 Å². The normalized spacial score (nSPS) is 11.1. The summed E-state index contributed by atoms with van der Waals surface area (Å²) in [5.41, 5.74) is 0.898. The van der Waals surface area contributed by atoms with Crippen molar-refractivity contribution in [3.05, 3.63) is 23.8 Å². The van der Waals surface area contributed by atoms with E-state index in [0.29, 0.717) is 11.8 Å². The van der Waals surface area contributed by atoms with Gasteiger partial charge < -0.3 is 0 Å². The van der Waals surface area contributed by atoms with E-state index in [4.69, 9.17) is 0 Å². The third-order valence-corrected chi connectivity index (χ3v) is 3.59. The van der Waals surface area contributed by atoms with Crippen LogP contribution in [-0.4, -0.2) is 23.5 Å². The second-order valence-corrected chi connectivity index (χ2v) is 9.58. The fourth-order valence-corrected chi connectivity index (χ4v) is 1.81. The first-order valence-corrected chi connectivity index (χ1v) is 11.4. The molecule has 34 heavy (non-hydrogen) atoms. The van der Waals surface area contributed by atoms with Crippen molar-refractivity contribution >= 4 is 17.5 Å². The third-order valence-electron chi connectivity index (χ3n) is 3.59. The maximum absolute atomic E-state index is 11.3. The molecular weight excluding hydrogens is 424 g/mol. The van der Waals surface area contributed by atoms with E-state index < -0.39 is 0 Å². The van der Waals surface area contributed by atoms with Gasteiger partial charge in [0.15, 0.2) is 11.6 Å². The molecular formula is C29H60N2O3. The van der Waals surface area contributed by atoms with Crippen molar-refractivity contribution in [2.45, 2.75) is 118 Å². The lowest BCUT2D eigenvalue weighted by Crippen LogP contribution is -2.08. The molecule has 0 fully saturated rings. The van der Waals surface area contributed by atoms with E-state index in [1.54, 1.807) is 6.08 Å². The number of amides is 1. The van der Waals surface area contributed by atoms with Crippen molar-refractivity contribution in [2.24, 2.45) is 39.8 Å². The van der Waals surface area contributed by atoms with Gasteiger partial charge in [-0.25, -0.2) is 0 Å². The van der Waals surface area contributed by atoms with Gasteiger partial charge in [0.25, 0.3) is 5.91 Å². The SMILES string of the molecule is C.C.C.C/C(=C\C(C)C)C(=O)C(C)C.CC(C)/C=C/C(=O)C(C)C.CC(C)N=NC(=O)C(C)C. The highest BCUT2D eigenvalue weighted by Crippen LogP contribution is 2.08. The summed E-state index contributed by atoms with van der Waals surface area (Å²) < 4.78 is 0. The highest BCUT2D eigenvalue weighted by Gasteiger charge is 2.08. The van der Waals surface area contributed by atoms with Gasteiger partial charge in [-0.05, 0) is 44.3 Å². The average molecular weight is 485 g/mol. The summed E-state index contributed by atoms with van der Waals surface area (Å²) in [6.07, 6.45) is 5.62. The van der Waals surface area contributed by atoms with E-state index in [0.717, 1.165) is 5.57 Å². The number of ketones is 2. The number of hydrogen-bond acceptors (Lipinski definition) is 4. The van der Waals surface area contributed by atoms with Crippen LogP contribution >= 0.6 is 0 Å². The summed E-state index contributed by atoms with van der Waals surface area (Å²) in [4.78, 5) is 33.1. The zero-order valence-electron chi connectivity index (χ0n) is 22.3. The molecule has 0 aromatic carbocycles. The molecule has 0 rings (SSSR count). The Hall–Kier alpha value is -1.91. The van der Waals surface area contributed by atoms with Gasteiger partial charge >= 0.3 is 0 Å². The first-order valence-electron chi connectivity index (χ1n) is 11.4. The molecule has 5 heteroatoms. The van der Waals surface area contributed by atoms with Crippen molar-refractivity contribution < 1.29 is 14.4 Å². The maximum Gasteiger partial charge on any atom is 0.266 e. The summed E-state index contributed by atoms with van der Waals surface area (Å²) >= 11 is 0. The number of carbonyl (C=O) groups excluding carboxylic acids is 3. The molecule has 0 aliphatic heterocycles. The smallest absolute Gasteiger partial charge is 0.266 e. The van der Waals surface area contributed by atoms with E-state index >= 15 is 0 Å². The lowest BCUT2D eigenvalue weighted by Gasteiger charge is -2.04. The number of allylic oxidation sites excluding steroid dienone is 4. The zero-order chi connectivity index (χ0) is 25.3. The van der Waals surface area contributed by atoms with Crippen LogP contribution in [0.3, 0.4) is 0 Å². The number of carbonyl (C=O) groups is 3. The summed E-state index contributed by atoms with van der Waals surface area (Å²) in [5.74, 6) is 1.50. The molecule has 0 heterocycles. The molecule has 0 atom stereocenters. The van der Waals surface area contributed by atoms with Gasteiger partial charge in [-0.3, -0.25) is 14.4 Å². The van der Waals surface area contributed by atoms with Crippen LogP contribution in [0.15, 0.2) is 34.0 Å². The lowest BCUT2D eigenvalue weighted by atomic mass is 9.99. The van der Waals surface area contributed by atoms with E-state index in [2.05, 4.69) is 37.9 Å². The molecule has 1 amide bonds. The predicted molar refractivity (Wildman–Crippen MR) is 152 cm³/mol. The molecule has 0 radical (unpaired) electrons. The minimum atomic E-state index is -0.145. The zero-order valence-corrected chi connectivity index (χ0v) is 22.3. The fraction of sp³-hybridized carbons (Fsp3) is 0.759. The standard InChI is InChI=1S/C10H18O.C9H16O.C7H14N2O.3CH4/c1-7(2)6-9(5)10(11)8(3)4;1-7(2)5-6-9(10)8(3)4;1-5(2)7(10)9-8-6(3)4;;;/h6-8H,1-5H3;5-8H,1-4H3;5-6H,1-4H3;3*1H4/b9-6+;6-5+;;;;. The lowest BCUT2D eigenvalue weighted by molar-refractivity contribution is -0.121. The Balaban J connectivity index is -0.0000000829. The summed E-state index contributed by atoms with van der Waals surface area (Å²) in [6, 6.07) is 0.114. The van der Waals surface area contributed by atoms with Crippen LogP contribution in [0.5, 0.6) is 0 Å². The molecule has 0 aliphatic rings. The van der Waals surface area contributed by atoms with Crippen molar-refractivity contribution in [3.8, 4) is 0 Å². The monoisotopic (exact) mass is 484 g/mol. The molecule has 0 saturated carbocycles. The Labute approximate surface area is 214 Å². The Morgan fingerprint density at radius 1 is 0.647 bits per heavy atom. The van der Waals surface area contributed by atoms with Gasteiger partial charge in [0.1, 0.15) is 0 Å². The van der Waals surface area contributed by atoms with Gasteiger partial charge in [0, 0.05) is 17.8 Å². The largest absolute Gasteiger partial charge is 0.295 e. The van der Waals surface area contributed by atoms with Crippen molar-refractivity contribution in [1.29, 1.82) is 0 Å². The third kappa shape index (κ3) is 32.3. The van der Waals surface area contributed by atoms with Gasteiger partial charge in [0.2, 0.25) is 0 Å². The maximum atomic E-state index is 11.3. The Bertz CT molecular complexity index is 575. The van der Waals surface area contributed by atoms with Gasteiger partial charge in [-0.1, -0.05) is 104 Å². The number of azo groups is 1. The molecule has 0 aliphatic carbocycles. The van der Waals surface area contributed by atoms with Crippen LogP contribution in [0, 0.1) is 29.6 Å². The summed E-state index contributed by atoms with van der Waals surface area (Å²) in [6.45, 7) is 25.2. The molecule has 5 nitrogen and oxygen atoms in total. The summed E-state index contributed by atoms with van der Waals surface area (Å²) in [7, 11) is 0. The van der Waals surface area contributed by atoms with E-state index in [1.807, 2.05) is 74.5 Å². The van der Waals surface area contributed by atoms with E-state index in [9.17, 15) is 14.4 Å². The van der Waals surface area contributed by atoms with Crippen molar-refractivity contribution in [3.63, 3.8) is 0 Å². The molecule has 0 N–H and O–H groups in total. The first kappa shape index (κ1) is 45.6. The predicted octanol–water partition coefficient (Wildman–Crippen LogP) is 9.18. The number of rotatable bonds is 8. The second kappa shape index (κ2) is 25.7. The minimum absolute atomic E-state index is 0. The fourth-order valence-electron chi connectivity index (χ4n) is 1.81. The number of hydrogen-bond donors (Lipinski definition) is 0. The Morgan fingerprint density at radius 2 is 1.09 bits per heavy atom. The summed E-state index contributed by atoms with van der Waals surface area (Å²) in [5, 5.41) is 7.23. The molecule has 0 aromatic rings. The molecule has 0 unspecified atom stereocenters. The Kier molecular flexibility index (Phi) is 34.5. The van der Waals surface area contributed by atoms with E-state index in [-0.39, 0.29) is 63.5 Å². The highest BCUT2D eigenvalue weighted by atomic mass is 16.2. The molecule has 204 valence electrons. The van der Waals surface area contributed by atoms with Crippen LogP contribution in [0.4, 0.5) is 0 Å². The molecule has 0 bridgehead atoms.